The van der Waals surface area contributed by atoms with Crippen molar-refractivity contribution in [3.05, 3.63) is 41.7 Å². The summed E-state index contributed by atoms with van der Waals surface area (Å²) in [5, 5.41) is 0. The highest BCUT2D eigenvalue weighted by Crippen LogP contribution is 2.30. The predicted octanol–water partition coefficient (Wildman–Crippen LogP) is 4.31. The van der Waals surface area contributed by atoms with Gasteiger partial charge >= 0.3 is 0 Å². The Morgan fingerprint density at radius 3 is 2.00 bits per heavy atom. The lowest BCUT2D eigenvalue weighted by Crippen LogP contribution is -2.09. The van der Waals surface area contributed by atoms with Gasteiger partial charge in [-0.2, -0.15) is 0 Å². The maximum Gasteiger partial charge on any atom is 0.181 e. The lowest BCUT2D eigenvalue weighted by Gasteiger charge is -2.10. The monoisotopic (exact) mass is 340 g/mol. The number of hydrogen-bond acceptors (Lipinski definition) is 5. The average Bonchev–Trinajstić information content (AvgIpc) is 2.62. The molecule has 0 fully saturated rings. The Hall–Kier alpha value is -2.69. The molecule has 2 rings (SSSR count). The standard InChI is InChI=1S/C20H24N2O3/c1-4-6-18(23)16-10-14(11-17(22-16)19(24)7-5-2)13-8-9-15(21)20(12-13)25-3/h8-12H,4-7,21H2,1-3H3. The summed E-state index contributed by atoms with van der Waals surface area (Å²) in [6.45, 7) is 3.88. The number of anilines is 1. The Balaban J connectivity index is 2.55. The average molecular weight is 340 g/mol. The van der Waals surface area contributed by atoms with Crippen molar-refractivity contribution in [2.75, 3.05) is 12.8 Å². The minimum atomic E-state index is -0.0580. The van der Waals surface area contributed by atoms with Crippen LogP contribution in [0.25, 0.3) is 11.1 Å². The van der Waals surface area contributed by atoms with Gasteiger partial charge in [-0.25, -0.2) is 4.98 Å². The summed E-state index contributed by atoms with van der Waals surface area (Å²) in [6.07, 6.45) is 2.28. The van der Waals surface area contributed by atoms with Gasteiger partial charge in [0.25, 0.3) is 0 Å². The van der Waals surface area contributed by atoms with Crippen molar-refractivity contribution in [2.24, 2.45) is 0 Å². The van der Waals surface area contributed by atoms with Crippen LogP contribution < -0.4 is 10.5 Å². The van der Waals surface area contributed by atoms with Gasteiger partial charge in [0.15, 0.2) is 11.6 Å². The second kappa shape index (κ2) is 8.42. The number of hydrogen-bond donors (Lipinski definition) is 1. The second-order valence-corrected chi connectivity index (χ2v) is 5.93. The lowest BCUT2D eigenvalue weighted by molar-refractivity contribution is 0.0973. The number of aromatic nitrogens is 1. The molecule has 0 aliphatic rings. The Kier molecular flexibility index (Phi) is 6.28. The first kappa shape index (κ1) is 18.6. The zero-order chi connectivity index (χ0) is 18.4. The molecule has 5 heteroatoms. The normalized spacial score (nSPS) is 10.5. The van der Waals surface area contributed by atoms with Crippen molar-refractivity contribution in [1.29, 1.82) is 0 Å². The molecular formula is C20H24N2O3. The van der Waals surface area contributed by atoms with Gasteiger partial charge in [-0.3, -0.25) is 9.59 Å². The van der Waals surface area contributed by atoms with Crippen LogP contribution in [0.2, 0.25) is 0 Å². The summed E-state index contributed by atoms with van der Waals surface area (Å²) in [5.74, 6) is 0.437. The maximum atomic E-state index is 12.3. The molecule has 1 aromatic heterocycles. The molecule has 0 spiro atoms. The third-order valence-corrected chi connectivity index (χ3v) is 3.92. The molecule has 0 bridgehead atoms. The lowest BCUT2D eigenvalue weighted by atomic mass is 10.00. The number of nitrogens with zero attached hydrogens (tertiary/aromatic N) is 1. The van der Waals surface area contributed by atoms with Gasteiger partial charge in [0, 0.05) is 12.8 Å². The quantitative estimate of drug-likeness (QED) is 0.572. The molecule has 2 N–H and O–H groups in total. The van der Waals surface area contributed by atoms with E-state index >= 15 is 0 Å². The molecule has 25 heavy (non-hydrogen) atoms. The summed E-state index contributed by atoms with van der Waals surface area (Å²) in [7, 11) is 1.55. The van der Waals surface area contributed by atoms with E-state index in [0.717, 1.165) is 24.0 Å². The number of benzene rings is 1. The van der Waals surface area contributed by atoms with Crippen LogP contribution in [0, 0.1) is 0 Å². The van der Waals surface area contributed by atoms with E-state index in [9.17, 15) is 9.59 Å². The van der Waals surface area contributed by atoms with Gasteiger partial charge in [-0.1, -0.05) is 19.9 Å². The number of ether oxygens (including phenoxy) is 1. The molecular weight excluding hydrogens is 316 g/mol. The molecule has 1 heterocycles. The van der Waals surface area contributed by atoms with E-state index < -0.39 is 0 Å². The zero-order valence-electron chi connectivity index (χ0n) is 15.0. The molecule has 2 aromatic rings. The summed E-state index contributed by atoms with van der Waals surface area (Å²) in [6, 6.07) is 8.84. The maximum absolute atomic E-state index is 12.3. The summed E-state index contributed by atoms with van der Waals surface area (Å²) in [4.78, 5) is 28.9. The first-order valence-electron chi connectivity index (χ1n) is 8.52. The van der Waals surface area contributed by atoms with Gasteiger partial charge in [0.1, 0.15) is 17.1 Å². The molecule has 132 valence electrons. The van der Waals surface area contributed by atoms with E-state index in [1.165, 1.54) is 0 Å². The molecule has 0 atom stereocenters. The minimum absolute atomic E-state index is 0.0580. The number of pyridine rings is 1. The van der Waals surface area contributed by atoms with E-state index in [1.807, 2.05) is 19.9 Å². The van der Waals surface area contributed by atoms with Crippen LogP contribution in [0.4, 0.5) is 5.69 Å². The molecule has 0 radical (unpaired) electrons. The van der Waals surface area contributed by atoms with E-state index in [2.05, 4.69) is 4.98 Å². The smallest absolute Gasteiger partial charge is 0.181 e. The number of carbonyl (C=O) groups excluding carboxylic acids is 2. The molecule has 0 aliphatic heterocycles. The number of ketones is 2. The first-order valence-corrected chi connectivity index (χ1v) is 8.52. The van der Waals surface area contributed by atoms with Crippen molar-refractivity contribution in [3.8, 4) is 16.9 Å². The fourth-order valence-electron chi connectivity index (χ4n) is 2.58. The van der Waals surface area contributed by atoms with Gasteiger partial charge in [0.2, 0.25) is 0 Å². The molecule has 0 aliphatic carbocycles. The van der Waals surface area contributed by atoms with Crippen molar-refractivity contribution in [1.82, 2.24) is 4.98 Å². The minimum Gasteiger partial charge on any atom is -0.495 e. The third kappa shape index (κ3) is 4.44. The van der Waals surface area contributed by atoms with Crippen LogP contribution >= 0.6 is 0 Å². The Morgan fingerprint density at radius 2 is 1.52 bits per heavy atom. The number of carbonyl (C=O) groups is 2. The van der Waals surface area contributed by atoms with Gasteiger partial charge in [-0.05, 0) is 48.2 Å². The largest absolute Gasteiger partial charge is 0.495 e. The van der Waals surface area contributed by atoms with Crippen LogP contribution in [0.3, 0.4) is 0 Å². The first-order chi connectivity index (χ1) is 12.0. The SMILES string of the molecule is CCCC(=O)c1cc(-c2ccc(N)c(OC)c2)cc(C(=O)CCC)n1. The number of nitrogens with two attached hydrogens (primary N) is 1. The molecule has 0 saturated heterocycles. The summed E-state index contributed by atoms with van der Waals surface area (Å²) in [5.41, 5.74) is 8.64. The number of rotatable bonds is 8. The molecule has 0 unspecified atom stereocenters. The fourth-order valence-corrected chi connectivity index (χ4v) is 2.58. The molecule has 1 aromatic carbocycles. The Bertz CT molecular complexity index is 748. The van der Waals surface area contributed by atoms with E-state index in [4.69, 9.17) is 10.5 Å². The van der Waals surface area contributed by atoms with Gasteiger partial charge in [0.05, 0.1) is 12.8 Å². The Morgan fingerprint density at radius 1 is 0.960 bits per heavy atom. The van der Waals surface area contributed by atoms with Crippen molar-refractivity contribution in [2.45, 2.75) is 39.5 Å². The topological polar surface area (TPSA) is 82.3 Å². The zero-order valence-corrected chi connectivity index (χ0v) is 15.0. The van der Waals surface area contributed by atoms with Crippen LogP contribution in [0.1, 0.15) is 60.5 Å². The Labute approximate surface area is 148 Å². The number of Topliss-reactive ketones (excluding diaryl/α,β-unsaturated/α-hetero) is 2. The number of nitrogen functional groups attached to an aromatic ring is 1. The highest BCUT2D eigenvalue weighted by Gasteiger charge is 2.15. The van der Waals surface area contributed by atoms with Gasteiger partial charge in [-0.15, -0.1) is 0 Å². The molecule has 5 nitrogen and oxygen atoms in total. The predicted molar refractivity (Wildman–Crippen MR) is 99.1 cm³/mol. The third-order valence-electron chi connectivity index (χ3n) is 3.92. The van der Waals surface area contributed by atoms with Crippen molar-refractivity contribution < 1.29 is 14.3 Å². The molecule has 0 saturated carbocycles. The summed E-state index contributed by atoms with van der Waals surface area (Å²) >= 11 is 0. The van der Waals surface area contributed by atoms with Crippen LogP contribution in [0.15, 0.2) is 30.3 Å². The van der Waals surface area contributed by atoms with E-state index in [1.54, 1.807) is 31.4 Å². The van der Waals surface area contributed by atoms with Crippen LogP contribution in [-0.4, -0.2) is 23.7 Å². The van der Waals surface area contributed by atoms with E-state index in [-0.39, 0.29) is 11.6 Å². The summed E-state index contributed by atoms with van der Waals surface area (Å²) < 4.78 is 5.27. The second-order valence-electron chi connectivity index (χ2n) is 5.93. The van der Waals surface area contributed by atoms with E-state index in [0.29, 0.717) is 35.7 Å². The highest BCUT2D eigenvalue weighted by atomic mass is 16.5. The van der Waals surface area contributed by atoms with Gasteiger partial charge < -0.3 is 10.5 Å². The number of methoxy groups -OCH3 is 1. The molecule has 0 amide bonds. The van der Waals surface area contributed by atoms with Crippen LogP contribution in [0.5, 0.6) is 5.75 Å². The fraction of sp³-hybridized carbons (Fsp3) is 0.350. The van der Waals surface area contributed by atoms with Crippen molar-refractivity contribution >= 4 is 17.3 Å². The van der Waals surface area contributed by atoms with Crippen molar-refractivity contribution in [3.63, 3.8) is 0 Å². The highest BCUT2D eigenvalue weighted by molar-refractivity contribution is 6.00. The van der Waals surface area contributed by atoms with Crippen LogP contribution in [-0.2, 0) is 0 Å².